The molecule has 0 aliphatic rings. The summed E-state index contributed by atoms with van der Waals surface area (Å²) >= 11 is 0. The van der Waals surface area contributed by atoms with Gasteiger partial charge in [-0.25, -0.2) is 0 Å². The molecular weight excluding hydrogens is 378 g/mol. The van der Waals surface area contributed by atoms with E-state index in [0.29, 0.717) is 23.9 Å². The third kappa shape index (κ3) is 5.54. The molecule has 0 aliphatic carbocycles. The van der Waals surface area contributed by atoms with Crippen LogP contribution in [0.3, 0.4) is 0 Å². The minimum absolute atomic E-state index is 0.0763. The van der Waals surface area contributed by atoms with Crippen LogP contribution >= 0.6 is 0 Å². The number of hydrogen-bond donors (Lipinski definition) is 1. The number of nitrogens with one attached hydrogen (secondary N) is 1. The molecule has 156 valence electrons. The van der Waals surface area contributed by atoms with Crippen molar-refractivity contribution < 1.29 is 19.0 Å². The summed E-state index contributed by atoms with van der Waals surface area (Å²) in [5, 5.41) is 3.04. The lowest BCUT2D eigenvalue weighted by atomic mass is 10.1. The molecule has 0 spiro atoms. The van der Waals surface area contributed by atoms with E-state index in [2.05, 4.69) is 5.32 Å². The van der Waals surface area contributed by atoms with Gasteiger partial charge in [0.15, 0.2) is 11.5 Å². The van der Waals surface area contributed by atoms with Gasteiger partial charge in [0.05, 0.1) is 26.7 Å². The summed E-state index contributed by atoms with van der Waals surface area (Å²) in [4.78, 5) is 12.6. The molecule has 0 heterocycles. The molecule has 3 rings (SSSR count). The summed E-state index contributed by atoms with van der Waals surface area (Å²) in [6.45, 7) is 2.36. The minimum atomic E-state index is -0.0763. The summed E-state index contributed by atoms with van der Waals surface area (Å²) < 4.78 is 16.9. The molecule has 1 amide bonds. The van der Waals surface area contributed by atoms with Crippen molar-refractivity contribution in [2.24, 2.45) is 0 Å². The third-order valence-electron chi connectivity index (χ3n) is 4.78. The fourth-order valence-corrected chi connectivity index (χ4v) is 3.23. The Bertz CT molecular complexity index is 958. The van der Waals surface area contributed by atoms with Crippen LogP contribution in [-0.4, -0.2) is 20.1 Å². The highest BCUT2D eigenvalue weighted by atomic mass is 16.5. The van der Waals surface area contributed by atoms with Crippen molar-refractivity contribution in [1.82, 2.24) is 5.32 Å². The first-order valence-corrected chi connectivity index (χ1v) is 9.86. The normalized spacial score (nSPS) is 11.4. The van der Waals surface area contributed by atoms with Crippen LogP contribution < -0.4 is 19.5 Å². The van der Waals surface area contributed by atoms with Gasteiger partial charge in [-0.3, -0.25) is 4.79 Å². The molecule has 0 radical (unpaired) electrons. The van der Waals surface area contributed by atoms with E-state index in [-0.39, 0.29) is 18.4 Å². The van der Waals surface area contributed by atoms with Gasteiger partial charge in [0.25, 0.3) is 0 Å². The van der Waals surface area contributed by atoms with Crippen LogP contribution in [0.2, 0.25) is 0 Å². The molecule has 5 heteroatoms. The molecule has 0 bridgehead atoms. The van der Waals surface area contributed by atoms with Gasteiger partial charge in [0.1, 0.15) is 6.61 Å². The number of benzene rings is 3. The van der Waals surface area contributed by atoms with E-state index in [1.165, 1.54) is 0 Å². The van der Waals surface area contributed by atoms with Crippen molar-refractivity contribution in [2.75, 3.05) is 14.2 Å². The zero-order valence-electron chi connectivity index (χ0n) is 17.6. The maximum Gasteiger partial charge on any atom is 0.224 e. The molecule has 0 unspecified atom stereocenters. The Kier molecular flexibility index (Phi) is 7.33. The van der Waals surface area contributed by atoms with E-state index in [9.17, 15) is 4.79 Å². The molecule has 1 N–H and O–H groups in total. The minimum Gasteiger partial charge on any atom is -0.493 e. The summed E-state index contributed by atoms with van der Waals surface area (Å²) in [5.41, 5.74) is 2.89. The fourth-order valence-electron chi connectivity index (χ4n) is 3.23. The van der Waals surface area contributed by atoms with Gasteiger partial charge in [0.2, 0.25) is 11.7 Å². The molecule has 0 aliphatic heterocycles. The van der Waals surface area contributed by atoms with E-state index in [4.69, 9.17) is 14.2 Å². The highest BCUT2D eigenvalue weighted by molar-refractivity contribution is 5.79. The van der Waals surface area contributed by atoms with Gasteiger partial charge >= 0.3 is 0 Å². The predicted octanol–water partition coefficient (Wildman–Crippen LogP) is 4.70. The third-order valence-corrected chi connectivity index (χ3v) is 4.78. The lowest BCUT2D eigenvalue weighted by Gasteiger charge is -2.17. The largest absolute Gasteiger partial charge is 0.493 e. The van der Waals surface area contributed by atoms with E-state index >= 15 is 0 Å². The predicted molar refractivity (Wildman–Crippen MR) is 117 cm³/mol. The topological polar surface area (TPSA) is 56.8 Å². The molecule has 5 nitrogen and oxygen atoms in total. The molecule has 3 aromatic rings. The monoisotopic (exact) mass is 405 g/mol. The zero-order chi connectivity index (χ0) is 21.3. The standard InChI is InChI=1S/C25H27NO4/c1-18(21-12-8-5-9-13-21)26-24(27)16-20-14-22(28-2)25(29-3)23(15-20)30-17-19-10-6-4-7-11-19/h4-15,18H,16-17H2,1-3H3,(H,26,27)/t18-/m0/s1. The number of rotatable bonds is 9. The number of carbonyl (C=O) groups is 1. The van der Waals surface area contributed by atoms with Crippen molar-refractivity contribution in [3.63, 3.8) is 0 Å². The van der Waals surface area contributed by atoms with Crippen LogP contribution in [-0.2, 0) is 17.8 Å². The average Bonchev–Trinajstić information content (AvgIpc) is 2.78. The quantitative estimate of drug-likeness (QED) is 0.561. The molecule has 30 heavy (non-hydrogen) atoms. The lowest BCUT2D eigenvalue weighted by Crippen LogP contribution is -2.28. The van der Waals surface area contributed by atoms with E-state index in [1.807, 2.05) is 73.7 Å². The Balaban J connectivity index is 1.74. The van der Waals surface area contributed by atoms with Gasteiger partial charge in [-0.2, -0.15) is 0 Å². The van der Waals surface area contributed by atoms with Crippen LogP contribution in [0.4, 0.5) is 0 Å². The summed E-state index contributed by atoms with van der Waals surface area (Å²) in [5.74, 6) is 1.50. The van der Waals surface area contributed by atoms with Crippen molar-refractivity contribution >= 4 is 5.91 Å². The van der Waals surface area contributed by atoms with Gasteiger partial charge < -0.3 is 19.5 Å². The molecule has 0 fully saturated rings. The number of hydrogen-bond acceptors (Lipinski definition) is 4. The first-order chi connectivity index (χ1) is 14.6. The maximum absolute atomic E-state index is 12.6. The van der Waals surface area contributed by atoms with Crippen molar-refractivity contribution in [1.29, 1.82) is 0 Å². The second-order valence-electron chi connectivity index (χ2n) is 6.98. The highest BCUT2D eigenvalue weighted by Crippen LogP contribution is 2.39. The first kappa shape index (κ1) is 21.2. The maximum atomic E-state index is 12.6. The Morgan fingerprint density at radius 2 is 1.50 bits per heavy atom. The smallest absolute Gasteiger partial charge is 0.224 e. The van der Waals surface area contributed by atoms with E-state index < -0.39 is 0 Å². The molecular formula is C25H27NO4. The second-order valence-corrected chi connectivity index (χ2v) is 6.98. The van der Waals surface area contributed by atoms with Gasteiger partial charge in [-0.15, -0.1) is 0 Å². The lowest BCUT2D eigenvalue weighted by molar-refractivity contribution is -0.121. The Labute approximate surface area is 177 Å². The van der Waals surface area contributed by atoms with Gasteiger partial charge in [-0.05, 0) is 35.7 Å². The summed E-state index contributed by atoms with van der Waals surface area (Å²) in [6, 6.07) is 23.3. The van der Waals surface area contributed by atoms with E-state index in [0.717, 1.165) is 16.7 Å². The Morgan fingerprint density at radius 3 is 2.13 bits per heavy atom. The first-order valence-electron chi connectivity index (χ1n) is 9.86. The average molecular weight is 405 g/mol. The highest BCUT2D eigenvalue weighted by Gasteiger charge is 2.17. The van der Waals surface area contributed by atoms with Crippen molar-refractivity contribution in [2.45, 2.75) is 26.0 Å². The van der Waals surface area contributed by atoms with Gasteiger partial charge in [0, 0.05) is 0 Å². The molecule has 0 saturated heterocycles. The number of ether oxygens (including phenoxy) is 3. The SMILES string of the molecule is COc1cc(CC(=O)N[C@@H](C)c2ccccc2)cc(OCc2ccccc2)c1OC. The summed E-state index contributed by atoms with van der Waals surface area (Å²) in [7, 11) is 3.14. The number of amides is 1. The molecule has 0 saturated carbocycles. The molecule has 1 atom stereocenters. The van der Waals surface area contributed by atoms with E-state index in [1.54, 1.807) is 20.3 Å². The Morgan fingerprint density at radius 1 is 0.867 bits per heavy atom. The van der Waals surface area contributed by atoms with Crippen LogP contribution in [0.5, 0.6) is 17.2 Å². The second kappa shape index (κ2) is 10.3. The van der Waals surface area contributed by atoms with Crippen molar-refractivity contribution in [3.8, 4) is 17.2 Å². The molecule has 3 aromatic carbocycles. The van der Waals surface area contributed by atoms with Crippen LogP contribution in [0.1, 0.15) is 29.7 Å². The number of methoxy groups -OCH3 is 2. The van der Waals surface area contributed by atoms with Crippen LogP contribution in [0, 0.1) is 0 Å². The number of carbonyl (C=O) groups excluding carboxylic acids is 1. The van der Waals surface area contributed by atoms with Crippen molar-refractivity contribution in [3.05, 3.63) is 89.5 Å². The zero-order valence-corrected chi connectivity index (χ0v) is 17.6. The molecule has 0 aromatic heterocycles. The fraction of sp³-hybridized carbons (Fsp3) is 0.240. The Hall–Kier alpha value is -3.47. The van der Waals surface area contributed by atoms with Crippen LogP contribution in [0.25, 0.3) is 0 Å². The van der Waals surface area contributed by atoms with Gasteiger partial charge in [-0.1, -0.05) is 60.7 Å². The summed E-state index contributed by atoms with van der Waals surface area (Å²) in [6.07, 6.45) is 0.208. The van der Waals surface area contributed by atoms with Crippen LogP contribution in [0.15, 0.2) is 72.8 Å².